The van der Waals surface area contributed by atoms with Crippen molar-refractivity contribution in [1.82, 2.24) is 19.9 Å². The molecule has 2 rings (SSSR count). The molecule has 9 heteroatoms. The summed E-state index contributed by atoms with van der Waals surface area (Å²) in [6.07, 6.45) is 2.98. The van der Waals surface area contributed by atoms with Gasteiger partial charge in [0.1, 0.15) is 0 Å². The Hall–Kier alpha value is -1.45. The van der Waals surface area contributed by atoms with Crippen molar-refractivity contribution >= 4 is 26.5 Å². The van der Waals surface area contributed by atoms with Crippen molar-refractivity contribution in [2.45, 2.75) is 31.5 Å². The molecule has 0 saturated heterocycles. The van der Waals surface area contributed by atoms with Crippen LogP contribution in [-0.2, 0) is 16.6 Å². The number of nitrogens with one attached hydrogen (secondary N) is 2. The second kappa shape index (κ2) is 5.90. The third-order valence-electron chi connectivity index (χ3n) is 2.87. The average molecular weight is 315 g/mol. The quantitative estimate of drug-likeness (QED) is 0.842. The van der Waals surface area contributed by atoms with Gasteiger partial charge in [-0.05, 0) is 20.9 Å². The first-order chi connectivity index (χ1) is 9.46. The van der Waals surface area contributed by atoms with E-state index in [9.17, 15) is 8.42 Å². The molecule has 2 aromatic rings. The van der Waals surface area contributed by atoms with Gasteiger partial charge in [-0.25, -0.2) is 9.97 Å². The summed E-state index contributed by atoms with van der Waals surface area (Å²) in [6, 6.07) is 0.0730. The Labute approximate surface area is 122 Å². The Balaban J connectivity index is 2.17. The molecule has 7 nitrogen and oxygen atoms in total. The van der Waals surface area contributed by atoms with Crippen LogP contribution in [0.4, 0.5) is 5.13 Å². The molecule has 0 spiro atoms. The molecule has 0 aliphatic heterocycles. The highest BCUT2D eigenvalue weighted by molar-refractivity contribution is 7.92. The monoisotopic (exact) mass is 315 g/mol. The Bertz CT molecular complexity index is 677. The van der Waals surface area contributed by atoms with E-state index < -0.39 is 10.0 Å². The van der Waals surface area contributed by atoms with Crippen LogP contribution < -0.4 is 10.0 Å². The standard InChI is InChI=1S/C11H17N5O2S2/c1-4-16-5-10(13-7-16)20(17,18)15-11-14-9(6-19-11)8(2)12-3/h5-8,12H,4H2,1-3H3,(H,14,15). The summed E-state index contributed by atoms with van der Waals surface area (Å²) >= 11 is 1.25. The van der Waals surface area contributed by atoms with Gasteiger partial charge in [0.2, 0.25) is 0 Å². The normalized spacial score (nSPS) is 13.3. The van der Waals surface area contributed by atoms with Crippen LogP contribution in [0.2, 0.25) is 0 Å². The van der Waals surface area contributed by atoms with Crippen LogP contribution in [0.25, 0.3) is 0 Å². The zero-order valence-corrected chi connectivity index (χ0v) is 13.1. The van der Waals surface area contributed by atoms with Gasteiger partial charge in [-0.3, -0.25) is 4.72 Å². The maximum absolute atomic E-state index is 12.1. The smallest absolute Gasteiger partial charge is 0.282 e. The molecule has 0 aliphatic rings. The van der Waals surface area contributed by atoms with Crippen molar-refractivity contribution in [3.63, 3.8) is 0 Å². The number of aromatic nitrogens is 3. The second-order valence-electron chi connectivity index (χ2n) is 4.24. The third kappa shape index (κ3) is 3.17. The van der Waals surface area contributed by atoms with Crippen molar-refractivity contribution in [1.29, 1.82) is 0 Å². The van der Waals surface area contributed by atoms with Crippen molar-refractivity contribution in [2.24, 2.45) is 0 Å². The molecular weight excluding hydrogens is 298 g/mol. The molecule has 0 fully saturated rings. The minimum absolute atomic E-state index is 0.00207. The van der Waals surface area contributed by atoms with Crippen LogP contribution in [0.1, 0.15) is 25.6 Å². The van der Waals surface area contributed by atoms with Gasteiger partial charge < -0.3 is 9.88 Å². The summed E-state index contributed by atoms with van der Waals surface area (Å²) < 4.78 is 28.4. The van der Waals surface area contributed by atoms with Crippen molar-refractivity contribution in [3.05, 3.63) is 23.6 Å². The second-order valence-corrected chi connectivity index (χ2v) is 6.72. The molecule has 2 aromatic heterocycles. The lowest BCUT2D eigenvalue weighted by Gasteiger charge is -2.05. The largest absolute Gasteiger partial charge is 0.336 e. The lowest BCUT2D eigenvalue weighted by atomic mass is 10.3. The highest BCUT2D eigenvalue weighted by atomic mass is 32.2. The van der Waals surface area contributed by atoms with Gasteiger partial charge in [-0.2, -0.15) is 8.42 Å². The van der Waals surface area contributed by atoms with Crippen molar-refractivity contribution in [3.8, 4) is 0 Å². The van der Waals surface area contributed by atoms with E-state index in [1.807, 2.05) is 26.3 Å². The molecule has 0 amide bonds. The molecule has 2 N–H and O–H groups in total. The van der Waals surface area contributed by atoms with Crippen LogP contribution in [0, 0.1) is 0 Å². The summed E-state index contributed by atoms with van der Waals surface area (Å²) in [5, 5.41) is 5.21. The van der Waals surface area contributed by atoms with Gasteiger partial charge in [0.15, 0.2) is 10.2 Å². The highest BCUT2D eigenvalue weighted by Crippen LogP contribution is 2.22. The molecule has 2 heterocycles. The number of hydrogen-bond acceptors (Lipinski definition) is 6. The van der Waals surface area contributed by atoms with Crippen LogP contribution >= 0.6 is 11.3 Å². The maximum atomic E-state index is 12.1. The van der Waals surface area contributed by atoms with Crippen LogP contribution in [-0.4, -0.2) is 30.0 Å². The van der Waals surface area contributed by atoms with E-state index in [0.717, 1.165) is 5.69 Å². The lowest BCUT2D eigenvalue weighted by Crippen LogP contribution is -2.15. The molecule has 20 heavy (non-hydrogen) atoms. The number of aryl methyl sites for hydroxylation is 1. The summed E-state index contributed by atoms with van der Waals surface area (Å²) in [5.41, 5.74) is 0.800. The number of anilines is 1. The summed E-state index contributed by atoms with van der Waals surface area (Å²) in [4.78, 5) is 8.14. The first kappa shape index (κ1) is 14.9. The molecular formula is C11H17N5O2S2. The lowest BCUT2D eigenvalue weighted by molar-refractivity contribution is 0.597. The Morgan fingerprint density at radius 2 is 2.25 bits per heavy atom. The van der Waals surface area contributed by atoms with Gasteiger partial charge in [0, 0.05) is 24.2 Å². The SMILES string of the molecule is CCn1cnc(S(=O)(=O)Nc2nc(C(C)NC)cs2)c1. The molecule has 0 aliphatic carbocycles. The first-order valence-electron chi connectivity index (χ1n) is 6.13. The van der Waals surface area contributed by atoms with Crippen molar-refractivity contribution < 1.29 is 8.42 Å². The predicted molar refractivity (Wildman–Crippen MR) is 78.3 cm³/mol. The molecule has 110 valence electrons. The van der Waals surface area contributed by atoms with Crippen LogP contribution in [0.3, 0.4) is 0 Å². The van der Waals surface area contributed by atoms with E-state index in [1.54, 1.807) is 4.57 Å². The fourth-order valence-corrected chi connectivity index (χ4v) is 3.51. The molecule has 0 radical (unpaired) electrons. The third-order valence-corrected chi connectivity index (χ3v) is 5.00. The highest BCUT2D eigenvalue weighted by Gasteiger charge is 2.19. The topological polar surface area (TPSA) is 88.9 Å². The number of rotatable bonds is 6. The minimum atomic E-state index is -3.68. The van der Waals surface area contributed by atoms with Crippen molar-refractivity contribution in [2.75, 3.05) is 11.8 Å². The van der Waals surface area contributed by atoms with E-state index >= 15 is 0 Å². The number of thiazole rings is 1. The van der Waals surface area contributed by atoms with E-state index in [0.29, 0.717) is 11.7 Å². The molecule has 1 atom stereocenters. The van der Waals surface area contributed by atoms with E-state index in [2.05, 4.69) is 20.0 Å². The average Bonchev–Trinajstić information content (AvgIpc) is 3.06. The summed E-state index contributed by atoms with van der Waals surface area (Å²) in [5.74, 6) is 0. The molecule has 1 unspecified atom stereocenters. The Kier molecular flexibility index (Phi) is 4.41. The van der Waals surface area contributed by atoms with Gasteiger partial charge in [0.25, 0.3) is 10.0 Å². The van der Waals surface area contributed by atoms with E-state index in [-0.39, 0.29) is 11.1 Å². The molecule has 0 aromatic carbocycles. The number of imidazole rings is 1. The van der Waals surface area contributed by atoms with Crippen LogP contribution in [0.15, 0.2) is 22.9 Å². The Morgan fingerprint density at radius 1 is 1.50 bits per heavy atom. The number of hydrogen-bond donors (Lipinski definition) is 2. The van der Waals surface area contributed by atoms with Gasteiger partial charge in [0.05, 0.1) is 12.0 Å². The maximum Gasteiger partial charge on any atom is 0.282 e. The predicted octanol–water partition coefficient (Wildman–Crippen LogP) is 1.44. The van der Waals surface area contributed by atoms with Gasteiger partial charge in [-0.15, -0.1) is 11.3 Å². The Morgan fingerprint density at radius 3 is 2.85 bits per heavy atom. The number of sulfonamides is 1. The van der Waals surface area contributed by atoms with E-state index in [4.69, 9.17) is 0 Å². The van der Waals surface area contributed by atoms with E-state index in [1.165, 1.54) is 23.9 Å². The zero-order chi connectivity index (χ0) is 14.8. The zero-order valence-electron chi connectivity index (χ0n) is 11.5. The van der Waals surface area contributed by atoms with Gasteiger partial charge in [-0.1, -0.05) is 0 Å². The minimum Gasteiger partial charge on any atom is -0.336 e. The molecule has 0 bridgehead atoms. The number of nitrogens with zero attached hydrogens (tertiary/aromatic N) is 3. The summed E-state index contributed by atoms with van der Waals surface area (Å²) in [7, 11) is -1.85. The fourth-order valence-electron chi connectivity index (χ4n) is 1.50. The summed E-state index contributed by atoms with van der Waals surface area (Å²) in [6.45, 7) is 4.54. The van der Waals surface area contributed by atoms with Gasteiger partial charge >= 0.3 is 0 Å². The first-order valence-corrected chi connectivity index (χ1v) is 8.50. The van der Waals surface area contributed by atoms with Crippen LogP contribution in [0.5, 0.6) is 0 Å². The fraction of sp³-hybridized carbons (Fsp3) is 0.455. The molecule has 0 saturated carbocycles.